The first-order valence-corrected chi connectivity index (χ1v) is 13.7. The summed E-state index contributed by atoms with van der Waals surface area (Å²) in [5, 5.41) is 9.40. The number of hydrogen-bond donors (Lipinski definition) is 5. The number of hydrogen-bond acceptors (Lipinski definition) is 4. The second kappa shape index (κ2) is 13.1. The molecule has 0 radical (unpaired) electrons. The Bertz CT molecular complexity index is 1520. The Balaban J connectivity index is 1.33. The van der Waals surface area contributed by atoms with Crippen LogP contribution in [0, 0.1) is 0 Å². The van der Waals surface area contributed by atoms with Gasteiger partial charge in [-0.05, 0) is 54.2 Å². The topological polar surface area (TPSA) is 130 Å². The molecule has 0 saturated heterocycles. The monoisotopic (exact) mass is 554 g/mol. The third kappa shape index (κ3) is 8.18. The fraction of sp³-hybridized carbons (Fsp3) is 0.281. The molecular formula is C32H38N6O3. The fourth-order valence-electron chi connectivity index (χ4n) is 4.69. The highest BCUT2D eigenvalue weighted by atomic mass is 16.2. The lowest BCUT2D eigenvalue weighted by molar-refractivity contribution is -0.121. The summed E-state index contributed by atoms with van der Waals surface area (Å²) in [6, 6.07) is 23.5. The number of fused-ring (bicyclic) bond motifs is 1. The summed E-state index contributed by atoms with van der Waals surface area (Å²) in [5.41, 5.74) is 14.2. The van der Waals surface area contributed by atoms with Crippen LogP contribution in [0.4, 0.5) is 4.79 Å². The van der Waals surface area contributed by atoms with Crippen molar-refractivity contribution in [3.8, 4) is 11.1 Å². The van der Waals surface area contributed by atoms with E-state index >= 15 is 0 Å². The Kier molecular flexibility index (Phi) is 9.41. The molecule has 9 nitrogen and oxygen atoms in total. The standard InChI is InChI=1S/C32H38N6O3/c1-32(2,33)18-30(40)37-38-21-25(27-10-6-7-11-28(27)38)16-17-29(39)35-19-22-12-14-23(15-13-22)26-9-5-4-8-24(26)20-36-31(41)34-3/h4-15,21H,16-20,33H2,1-3H3,(H,35,39)(H,37,40)(H2,34,36,41). The number of carbonyl (C=O) groups is 3. The van der Waals surface area contributed by atoms with E-state index in [-0.39, 0.29) is 24.3 Å². The predicted octanol–water partition coefficient (Wildman–Crippen LogP) is 4.18. The first-order valence-electron chi connectivity index (χ1n) is 13.7. The van der Waals surface area contributed by atoms with Crippen molar-refractivity contribution in [3.63, 3.8) is 0 Å². The van der Waals surface area contributed by atoms with E-state index in [9.17, 15) is 14.4 Å². The summed E-state index contributed by atoms with van der Waals surface area (Å²) in [4.78, 5) is 36.8. The van der Waals surface area contributed by atoms with Crippen molar-refractivity contribution in [2.24, 2.45) is 5.73 Å². The van der Waals surface area contributed by atoms with Crippen LogP contribution in [-0.4, -0.2) is 35.1 Å². The Morgan fingerprint density at radius 1 is 0.829 bits per heavy atom. The maximum atomic E-state index is 12.7. The average Bonchev–Trinajstić information content (AvgIpc) is 3.30. The first kappa shape index (κ1) is 29.4. The molecule has 0 fully saturated rings. The van der Waals surface area contributed by atoms with Crippen molar-refractivity contribution < 1.29 is 14.4 Å². The summed E-state index contributed by atoms with van der Waals surface area (Å²) in [5.74, 6) is -0.219. The molecule has 0 unspecified atom stereocenters. The minimum atomic E-state index is -0.607. The van der Waals surface area contributed by atoms with Crippen molar-refractivity contribution in [2.75, 3.05) is 12.5 Å². The molecule has 1 aromatic heterocycles. The Labute approximate surface area is 240 Å². The van der Waals surface area contributed by atoms with Gasteiger partial charge in [0.05, 0.1) is 5.52 Å². The van der Waals surface area contributed by atoms with Gasteiger partial charge in [-0.1, -0.05) is 66.7 Å². The molecule has 1 heterocycles. The van der Waals surface area contributed by atoms with Gasteiger partial charge in [-0.2, -0.15) is 0 Å². The van der Waals surface area contributed by atoms with Crippen LogP contribution in [0.15, 0.2) is 79.0 Å². The molecule has 6 N–H and O–H groups in total. The van der Waals surface area contributed by atoms with E-state index in [1.807, 2.05) is 92.8 Å². The maximum absolute atomic E-state index is 12.7. The van der Waals surface area contributed by atoms with E-state index in [4.69, 9.17) is 5.73 Å². The van der Waals surface area contributed by atoms with E-state index in [1.54, 1.807) is 11.7 Å². The third-order valence-electron chi connectivity index (χ3n) is 6.72. The van der Waals surface area contributed by atoms with Crippen molar-refractivity contribution in [1.82, 2.24) is 20.6 Å². The summed E-state index contributed by atoms with van der Waals surface area (Å²) in [7, 11) is 1.59. The predicted molar refractivity (Wildman–Crippen MR) is 163 cm³/mol. The second-order valence-electron chi connectivity index (χ2n) is 10.8. The molecule has 4 rings (SSSR count). The van der Waals surface area contributed by atoms with Gasteiger partial charge in [0.2, 0.25) is 11.8 Å². The lowest BCUT2D eigenvalue weighted by Crippen LogP contribution is -2.38. The highest BCUT2D eigenvalue weighted by Crippen LogP contribution is 2.25. The zero-order chi connectivity index (χ0) is 29.4. The largest absolute Gasteiger partial charge is 0.352 e. The van der Waals surface area contributed by atoms with Gasteiger partial charge in [-0.3, -0.25) is 19.7 Å². The van der Waals surface area contributed by atoms with Gasteiger partial charge < -0.3 is 21.7 Å². The fourth-order valence-corrected chi connectivity index (χ4v) is 4.69. The van der Waals surface area contributed by atoms with Gasteiger partial charge >= 0.3 is 6.03 Å². The van der Waals surface area contributed by atoms with Gasteiger partial charge in [-0.15, -0.1) is 0 Å². The summed E-state index contributed by atoms with van der Waals surface area (Å²) in [6.07, 6.45) is 2.93. The zero-order valence-corrected chi connectivity index (χ0v) is 23.8. The number of nitrogens with two attached hydrogens (primary N) is 1. The molecule has 3 aromatic carbocycles. The number of nitrogens with zero attached hydrogens (tertiary/aromatic N) is 1. The maximum Gasteiger partial charge on any atom is 0.314 e. The zero-order valence-electron chi connectivity index (χ0n) is 23.8. The minimum absolute atomic E-state index is 0.0505. The van der Waals surface area contributed by atoms with E-state index in [1.165, 1.54) is 0 Å². The SMILES string of the molecule is CNC(=O)NCc1ccccc1-c1ccc(CNC(=O)CCc2cn(NC(=O)CC(C)(C)N)c3ccccc23)cc1. The van der Waals surface area contributed by atoms with E-state index in [0.717, 1.165) is 38.7 Å². The number of urea groups is 1. The Hall–Kier alpha value is -4.63. The van der Waals surface area contributed by atoms with E-state index in [2.05, 4.69) is 21.4 Å². The van der Waals surface area contributed by atoms with Crippen LogP contribution in [0.5, 0.6) is 0 Å². The molecule has 0 atom stereocenters. The Morgan fingerprint density at radius 3 is 2.27 bits per heavy atom. The van der Waals surface area contributed by atoms with Crippen LogP contribution in [0.25, 0.3) is 22.0 Å². The minimum Gasteiger partial charge on any atom is -0.352 e. The Morgan fingerprint density at radius 2 is 1.54 bits per heavy atom. The number of benzene rings is 3. The molecule has 0 bridgehead atoms. The van der Waals surface area contributed by atoms with Gasteiger partial charge in [0, 0.05) is 50.1 Å². The molecule has 0 aliphatic rings. The molecule has 9 heteroatoms. The summed E-state index contributed by atoms with van der Waals surface area (Å²) < 4.78 is 1.71. The molecule has 0 saturated carbocycles. The summed E-state index contributed by atoms with van der Waals surface area (Å²) in [6.45, 7) is 4.47. The number of aryl methyl sites for hydroxylation is 1. The highest BCUT2D eigenvalue weighted by Gasteiger charge is 2.18. The second-order valence-corrected chi connectivity index (χ2v) is 10.8. The molecule has 4 aromatic rings. The molecule has 41 heavy (non-hydrogen) atoms. The van der Waals surface area contributed by atoms with Gasteiger partial charge in [-0.25, -0.2) is 4.79 Å². The number of rotatable bonds is 11. The van der Waals surface area contributed by atoms with Crippen LogP contribution in [0.3, 0.4) is 0 Å². The van der Waals surface area contributed by atoms with Crippen LogP contribution in [0.2, 0.25) is 0 Å². The average molecular weight is 555 g/mol. The van der Waals surface area contributed by atoms with E-state index < -0.39 is 5.54 Å². The first-order chi connectivity index (χ1) is 19.6. The number of amides is 4. The number of nitrogens with one attached hydrogen (secondary N) is 4. The molecule has 4 amide bonds. The number of carbonyl (C=O) groups excluding carboxylic acids is 3. The number of para-hydroxylation sites is 1. The molecule has 0 spiro atoms. The molecule has 0 aliphatic carbocycles. The van der Waals surface area contributed by atoms with Crippen molar-refractivity contribution >= 4 is 28.7 Å². The van der Waals surface area contributed by atoms with Crippen LogP contribution >= 0.6 is 0 Å². The molecule has 214 valence electrons. The smallest absolute Gasteiger partial charge is 0.314 e. The third-order valence-corrected chi connectivity index (χ3v) is 6.72. The van der Waals surface area contributed by atoms with Crippen molar-refractivity contribution in [1.29, 1.82) is 0 Å². The number of aromatic nitrogens is 1. The van der Waals surface area contributed by atoms with Gasteiger partial charge in [0.25, 0.3) is 0 Å². The van der Waals surface area contributed by atoms with Crippen LogP contribution in [0.1, 0.15) is 43.4 Å². The molecular weight excluding hydrogens is 516 g/mol. The van der Waals surface area contributed by atoms with E-state index in [0.29, 0.717) is 25.9 Å². The lowest BCUT2D eigenvalue weighted by Gasteiger charge is -2.18. The highest BCUT2D eigenvalue weighted by molar-refractivity contribution is 5.90. The summed E-state index contributed by atoms with van der Waals surface area (Å²) >= 11 is 0. The quantitative estimate of drug-likeness (QED) is 0.190. The van der Waals surface area contributed by atoms with Gasteiger partial charge in [0.15, 0.2) is 0 Å². The van der Waals surface area contributed by atoms with Crippen LogP contribution < -0.4 is 27.1 Å². The van der Waals surface area contributed by atoms with Gasteiger partial charge in [0.1, 0.15) is 0 Å². The lowest BCUT2D eigenvalue weighted by atomic mass is 9.98. The van der Waals surface area contributed by atoms with Crippen molar-refractivity contribution in [3.05, 3.63) is 95.7 Å². The normalized spacial score (nSPS) is 11.2. The van der Waals surface area contributed by atoms with Crippen molar-refractivity contribution in [2.45, 2.75) is 51.7 Å². The van der Waals surface area contributed by atoms with Crippen LogP contribution in [-0.2, 0) is 29.1 Å². The molecule has 0 aliphatic heterocycles.